The lowest BCUT2D eigenvalue weighted by Gasteiger charge is -2.32. The van der Waals surface area contributed by atoms with E-state index in [4.69, 9.17) is 9.47 Å². The van der Waals surface area contributed by atoms with Gasteiger partial charge in [-0.05, 0) is 22.3 Å². The first-order valence-electron chi connectivity index (χ1n) is 10.5. The SMILES string of the molecule is OC1OC(C(c2ccccc2)c2ccccc2)OC1(c1ccccc1)c1ccccc1. The number of rotatable bonds is 5. The largest absolute Gasteiger partial charge is 0.365 e. The van der Waals surface area contributed by atoms with Gasteiger partial charge in [0.05, 0.1) is 5.92 Å². The first-order chi connectivity index (χ1) is 15.3. The number of ether oxygens (including phenoxy) is 2. The number of hydrogen-bond acceptors (Lipinski definition) is 3. The van der Waals surface area contributed by atoms with Crippen LogP contribution >= 0.6 is 0 Å². The Morgan fingerprint density at radius 1 is 0.581 bits per heavy atom. The van der Waals surface area contributed by atoms with E-state index in [1.54, 1.807) is 0 Å². The normalized spacial score (nSPS) is 20.1. The van der Waals surface area contributed by atoms with Crippen molar-refractivity contribution in [1.29, 1.82) is 0 Å². The van der Waals surface area contributed by atoms with Crippen LogP contribution < -0.4 is 0 Å². The molecular formula is C28H24O3. The molecule has 0 bridgehead atoms. The maximum atomic E-state index is 11.3. The molecule has 1 N–H and O–H groups in total. The molecule has 0 aliphatic carbocycles. The molecule has 4 aromatic carbocycles. The summed E-state index contributed by atoms with van der Waals surface area (Å²) in [5.41, 5.74) is 2.74. The van der Waals surface area contributed by atoms with E-state index in [-0.39, 0.29) is 5.92 Å². The average molecular weight is 408 g/mol. The van der Waals surface area contributed by atoms with Crippen molar-refractivity contribution in [2.45, 2.75) is 24.1 Å². The van der Waals surface area contributed by atoms with Crippen LogP contribution in [0.25, 0.3) is 0 Å². The molecule has 4 aromatic rings. The van der Waals surface area contributed by atoms with Crippen LogP contribution in [0.4, 0.5) is 0 Å². The Morgan fingerprint density at radius 2 is 0.968 bits per heavy atom. The van der Waals surface area contributed by atoms with E-state index < -0.39 is 18.2 Å². The van der Waals surface area contributed by atoms with E-state index in [1.807, 2.05) is 97.1 Å². The quantitative estimate of drug-likeness (QED) is 0.477. The third-order valence-corrected chi connectivity index (χ3v) is 5.91. The summed E-state index contributed by atoms with van der Waals surface area (Å²) in [7, 11) is 0. The summed E-state index contributed by atoms with van der Waals surface area (Å²) in [6.07, 6.45) is -1.82. The average Bonchev–Trinajstić information content (AvgIpc) is 3.19. The number of benzene rings is 4. The Bertz CT molecular complexity index is 1020. The van der Waals surface area contributed by atoms with E-state index in [0.717, 1.165) is 22.3 Å². The third-order valence-electron chi connectivity index (χ3n) is 5.91. The lowest BCUT2D eigenvalue weighted by molar-refractivity contribution is -0.120. The van der Waals surface area contributed by atoms with Crippen molar-refractivity contribution >= 4 is 0 Å². The van der Waals surface area contributed by atoms with Crippen LogP contribution in [-0.2, 0) is 15.1 Å². The Labute approximate surface area is 182 Å². The van der Waals surface area contributed by atoms with Gasteiger partial charge in [0.15, 0.2) is 18.2 Å². The second kappa shape index (κ2) is 8.48. The van der Waals surface area contributed by atoms with Crippen LogP contribution in [0.1, 0.15) is 28.2 Å². The van der Waals surface area contributed by atoms with Crippen LogP contribution in [0, 0.1) is 0 Å². The highest BCUT2D eigenvalue weighted by molar-refractivity contribution is 5.40. The number of hydrogen-bond donors (Lipinski definition) is 1. The summed E-state index contributed by atoms with van der Waals surface area (Å²) in [5.74, 6) is -0.189. The molecule has 0 saturated carbocycles. The molecule has 3 nitrogen and oxygen atoms in total. The minimum atomic E-state index is -1.16. The highest BCUT2D eigenvalue weighted by Crippen LogP contribution is 2.47. The fourth-order valence-electron chi connectivity index (χ4n) is 4.43. The Hall–Kier alpha value is -3.24. The number of aliphatic hydroxyl groups is 1. The van der Waals surface area contributed by atoms with Gasteiger partial charge < -0.3 is 14.6 Å². The zero-order valence-electron chi connectivity index (χ0n) is 17.0. The molecule has 1 heterocycles. The summed E-state index contributed by atoms with van der Waals surface area (Å²) in [5, 5.41) is 11.3. The molecule has 1 fully saturated rings. The first-order valence-corrected chi connectivity index (χ1v) is 10.5. The summed E-state index contributed by atoms with van der Waals surface area (Å²) in [6, 6.07) is 39.9. The summed E-state index contributed by atoms with van der Waals surface area (Å²) in [6.45, 7) is 0. The van der Waals surface area contributed by atoms with Gasteiger partial charge in [-0.1, -0.05) is 121 Å². The Kier molecular flexibility index (Phi) is 5.39. The van der Waals surface area contributed by atoms with Gasteiger partial charge in [0.1, 0.15) is 0 Å². The van der Waals surface area contributed by atoms with Crippen molar-refractivity contribution in [3.05, 3.63) is 144 Å². The minimum absolute atomic E-state index is 0.189. The summed E-state index contributed by atoms with van der Waals surface area (Å²) in [4.78, 5) is 0. The topological polar surface area (TPSA) is 38.7 Å². The van der Waals surface area contributed by atoms with Crippen molar-refractivity contribution in [2.75, 3.05) is 0 Å². The molecule has 1 aliphatic rings. The molecule has 154 valence electrons. The first kappa shape index (κ1) is 19.7. The zero-order chi connectivity index (χ0) is 21.1. The van der Waals surface area contributed by atoms with Gasteiger partial charge in [-0.25, -0.2) is 0 Å². The second-order valence-corrected chi connectivity index (χ2v) is 7.74. The maximum Gasteiger partial charge on any atom is 0.195 e. The fourth-order valence-corrected chi connectivity index (χ4v) is 4.43. The molecule has 31 heavy (non-hydrogen) atoms. The van der Waals surface area contributed by atoms with E-state index in [1.165, 1.54) is 0 Å². The van der Waals surface area contributed by atoms with Crippen LogP contribution in [0.3, 0.4) is 0 Å². The maximum absolute atomic E-state index is 11.3. The van der Waals surface area contributed by atoms with Crippen molar-refractivity contribution in [3.63, 3.8) is 0 Å². The monoisotopic (exact) mass is 408 g/mol. The van der Waals surface area contributed by atoms with Crippen LogP contribution in [-0.4, -0.2) is 17.7 Å². The summed E-state index contributed by atoms with van der Waals surface area (Å²) >= 11 is 0. The molecule has 1 aliphatic heterocycles. The van der Waals surface area contributed by atoms with E-state index >= 15 is 0 Å². The third kappa shape index (κ3) is 3.57. The molecule has 5 rings (SSSR count). The van der Waals surface area contributed by atoms with Crippen molar-refractivity contribution in [1.82, 2.24) is 0 Å². The number of aliphatic hydroxyl groups excluding tert-OH is 1. The molecule has 1 saturated heterocycles. The van der Waals surface area contributed by atoms with Crippen LogP contribution in [0.15, 0.2) is 121 Å². The summed E-state index contributed by atoms with van der Waals surface area (Å²) < 4.78 is 12.9. The lowest BCUT2D eigenvalue weighted by Crippen LogP contribution is -2.38. The highest BCUT2D eigenvalue weighted by atomic mass is 16.8. The minimum Gasteiger partial charge on any atom is -0.365 e. The standard InChI is InChI=1S/C28H24O3/c29-27-28(23-17-9-3-10-18-23,24-19-11-4-12-20-24)31-26(30-27)25(21-13-5-1-6-14-21)22-15-7-2-8-16-22/h1-20,25-27,29H. The molecular weight excluding hydrogens is 384 g/mol. The van der Waals surface area contributed by atoms with Gasteiger partial charge in [-0.3, -0.25) is 0 Å². The molecule has 0 amide bonds. The van der Waals surface area contributed by atoms with E-state index in [2.05, 4.69) is 24.3 Å². The molecule has 2 unspecified atom stereocenters. The predicted molar refractivity (Wildman–Crippen MR) is 120 cm³/mol. The van der Waals surface area contributed by atoms with Gasteiger partial charge in [0, 0.05) is 0 Å². The molecule has 0 spiro atoms. The zero-order valence-corrected chi connectivity index (χ0v) is 17.0. The lowest BCUT2D eigenvalue weighted by atomic mass is 9.85. The Morgan fingerprint density at radius 3 is 1.39 bits per heavy atom. The van der Waals surface area contributed by atoms with Crippen molar-refractivity contribution in [3.8, 4) is 0 Å². The predicted octanol–water partition coefficient (Wildman–Crippen LogP) is 5.45. The second-order valence-electron chi connectivity index (χ2n) is 7.74. The van der Waals surface area contributed by atoms with Gasteiger partial charge in [0.25, 0.3) is 0 Å². The van der Waals surface area contributed by atoms with E-state index in [0.29, 0.717) is 0 Å². The van der Waals surface area contributed by atoms with Crippen molar-refractivity contribution in [2.24, 2.45) is 0 Å². The van der Waals surface area contributed by atoms with Crippen LogP contribution in [0.2, 0.25) is 0 Å². The van der Waals surface area contributed by atoms with Gasteiger partial charge in [-0.15, -0.1) is 0 Å². The Balaban J connectivity index is 1.63. The fraction of sp³-hybridized carbons (Fsp3) is 0.143. The molecule has 0 aromatic heterocycles. The van der Waals surface area contributed by atoms with Gasteiger partial charge in [-0.2, -0.15) is 0 Å². The van der Waals surface area contributed by atoms with Crippen LogP contribution in [0.5, 0.6) is 0 Å². The molecule has 2 atom stereocenters. The van der Waals surface area contributed by atoms with Crippen molar-refractivity contribution < 1.29 is 14.6 Å². The molecule has 3 heteroatoms. The smallest absolute Gasteiger partial charge is 0.195 e. The van der Waals surface area contributed by atoms with Gasteiger partial charge >= 0.3 is 0 Å². The molecule has 0 radical (unpaired) electrons. The van der Waals surface area contributed by atoms with Gasteiger partial charge in [0.2, 0.25) is 0 Å². The van der Waals surface area contributed by atoms with E-state index in [9.17, 15) is 5.11 Å². The highest BCUT2D eigenvalue weighted by Gasteiger charge is 2.54.